The highest BCUT2D eigenvalue weighted by atomic mass is 16.3. The summed E-state index contributed by atoms with van der Waals surface area (Å²) in [6, 6.07) is 185. The third kappa shape index (κ3) is 14.6. The first-order chi connectivity index (χ1) is 64.0. The number of rotatable bonds is 12. The molecule has 602 valence electrons. The molecule has 0 saturated heterocycles. The molecule has 129 heavy (non-hydrogen) atoms. The summed E-state index contributed by atoms with van der Waals surface area (Å²) in [7, 11) is 0. The molecule has 0 fully saturated rings. The van der Waals surface area contributed by atoms with Crippen molar-refractivity contribution in [2.24, 2.45) is 0 Å². The molecule has 1 nitrogen and oxygen atoms in total. The second-order valence-electron chi connectivity index (χ2n) is 33.5. The SMILES string of the molecule is c1ccc(-c2ccc(-c3c4ccccc4c(-c4cccc(-c5ccc6oc7ccccc7c6c5)c4)c4ccccc34)cc2)cc1.c1ccc(-c2cccc(-c3c4ccccc4c(-c4ccc(-c5ccc6ccccc6c5)cc4)c4ccccc34)c2)cc1.c1ccc(-c2cccc(-c3c4ccccc4c(-c4cccc(-c5ccc6ccccc6c5)c4)c4ccccc34)c2)cc1. The van der Waals surface area contributed by atoms with Crippen molar-refractivity contribution < 1.29 is 4.42 Å². The fourth-order valence-corrected chi connectivity index (χ4v) is 19.9. The molecule has 1 heteroatoms. The number of fused-ring (bicyclic) bond motifs is 11. The predicted octanol–water partition coefficient (Wildman–Crippen LogP) is 36.2. The van der Waals surface area contributed by atoms with E-state index in [4.69, 9.17) is 4.42 Å². The van der Waals surface area contributed by atoms with E-state index < -0.39 is 0 Å². The fraction of sp³-hybridized carbons (Fsp3) is 0. The number of furan rings is 1. The molecule has 0 saturated carbocycles. The van der Waals surface area contributed by atoms with Crippen LogP contribution in [0.2, 0.25) is 0 Å². The summed E-state index contributed by atoms with van der Waals surface area (Å²) in [6.07, 6.45) is 0. The van der Waals surface area contributed by atoms with Crippen LogP contribution in [0.4, 0.5) is 0 Å². The Bertz CT molecular complexity index is 8400. The van der Waals surface area contributed by atoms with Gasteiger partial charge < -0.3 is 4.42 Å². The molecular weight excluding hydrogens is 1550 g/mol. The molecule has 0 aliphatic rings. The smallest absolute Gasteiger partial charge is 0.135 e. The lowest BCUT2D eigenvalue weighted by Gasteiger charge is -2.18. The lowest BCUT2D eigenvalue weighted by molar-refractivity contribution is 0.669. The summed E-state index contributed by atoms with van der Waals surface area (Å²) in [5.41, 5.74) is 31.6. The Balaban J connectivity index is 0.000000111. The maximum atomic E-state index is 6.11. The van der Waals surface area contributed by atoms with Crippen LogP contribution in [0.15, 0.2) is 514 Å². The molecule has 1 aromatic heterocycles. The van der Waals surface area contributed by atoms with Crippen LogP contribution in [0.1, 0.15) is 0 Å². The van der Waals surface area contributed by atoms with Gasteiger partial charge in [0.2, 0.25) is 0 Å². The first-order valence-electron chi connectivity index (χ1n) is 44.5. The summed E-state index contributed by atoms with van der Waals surface area (Å²) in [5, 5.41) is 22.6. The van der Waals surface area contributed by atoms with E-state index in [0.29, 0.717) is 0 Å². The van der Waals surface area contributed by atoms with Crippen molar-refractivity contribution in [3.05, 3.63) is 510 Å². The zero-order chi connectivity index (χ0) is 85.5. The topological polar surface area (TPSA) is 13.1 Å². The van der Waals surface area contributed by atoms with Crippen molar-refractivity contribution in [1.82, 2.24) is 0 Å². The van der Waals surface area contributed by atoms with E-state index in [0.717, 1.165) is 21.9 Å². The normalized spacial score (nSPS) is 11.4. The zero-order valence-electron chi connectivity index (χ0n) is 70.9. The van der Waals surface area contributed by atoms with Crippen molar-refractivity contribution in [3.8, 4) is 134 Å². The first-order valence-corrected chi connectivity index (χ1v) is 44.5. The molecule has 1 heterocycles. The van der Waals surface area contributed by atoms with E-state index in [9.17, 15) is 0 Å². The number of para-hydroxylation sites is 1. The molecule has 0 spiro atoms. The van der Waals surface area contributed by atoms with Gasteiger partial charge in [-0.1, -0.05) is 455 Å². The molecular formula is C128H84O. The zero-order valence-corrected chi connectivity index (χ0v) is 70.9. The highest BCUT2D eigenvalue weighted by Crippen LogP contribution is 2.50. The molecule has 24 aromatic carbocycles. The molecule has 0 N–H and O–H groups in total. The maximum Gasteiger partial charge on any atom is 0.135 e. The van der Waals surface area contributed by atoms with Gasteiger partial charge >= 0.3 is 0 Å². The van der Waals surface area contributed by atoms with E-state index in [1.54, 1.807) is 0 Å². The van der Waals surface area contributed by atoms with Gasteiger partial charge in [-0.3, -0.25) is 0 Å². The van der Waals surface area contributed by atoms with Gasteiger partial charge in [0.15, 0.2) is 0 Å². The van der Waals surface area contributed by atoms with Crippen molar-refractivity contribution in [1.29, 1.82) is 0 Å². The lowest BCUT2D eigenvalue weighted by Crippen LogP contribution is -1.91. The largest absolute Gasteiger partial charge is 0.456 e. The Morgan fingerprint density at radius 1 is 0.0930 bits per heavy atom. The standard InChI is InChI=1S/C44H28O.2C42H28/c1-2-11-29(12-3-1)30-21-23-31(24-22-30)43-36-16-4-6-18-38(36)44(39-19-7-5-17-37(39)43)34-14-10-13-32(27-34)33-25-26-42-40(28-33)35-15-8-9-20-41(35)45-42;1-2-12-29(13-3-1)32-16-10-18-35(27-32)41-37-20-6-8-22-39(37)42(40-23-9-7-21-38(40)41)36-19-11-17-33(28-36)34-25-24-30-14-4-5-15-31(30)26-34;1-2-11-29(12-3-1)34-15-10-16-36(28-34)42-39-19-8-6-17-37(39)41(38-18-7-9-20-40(38)42)32-24-21-31(22-25-32)35-26-23-30-13-4-5-14-33(30)27-35/h1-28H;2*1-28H. The summed E-state index contributed by atoms with van der Waals surface area (Å²) < 4.78 is 6.11. The Hall–Kier alpha value is -16.8. The van der Waals surface area contributed by atoms with Gasteiger partial charge in [0, 0.05) is 10.8 Å². The van der Waals surface area contributed by atoms with Crippen LogP contribution in [-0.2, 0) is 0 Å². The Morgan fingerprint density at radius 2 is 0.287 bits per heavy atom. The minimum atomic E-state index is 0.917. The summed E-state index contributed by atoms with van der Waals surface area (Å²) in [6.45, 7) is 0. The Morgan fingerprint density at radius 3 is 0.628 bits per heavy atom. The lowest BCUT2D eigenvalue weighted by atomic mass is 9.85. The Labute approximate surface area is 750 Å². The first kappa shape index (κ1) is 77.0. The van der Waals surface area contributed by atoms with E-state index in [-0.39, 0.29) is 0 Å². The number of benzene rings is 24. The van der Waals surface area contributed by atoms with Crippen LogP contribution >= 0.6 is 0 Å². The van der Waals surface area contributed by atoms with E-state index in [1.165, 1.54) is 220 Å². The molecule has 0 aliphatic heterocycles. The highest BCUT2D eigenvalue weighted by molar-refractivity contribution is 6.25. The Kier molecular flexibility index (Phi) is 20.1. The van der Waals surface area contributed by atoms with Gasteiger partial charge in [-0.25, -0.2) is 0 Å². The molecule has 0 radical (unpaired) electrons. The summed E-state index contributed by atoms with van der Waals surface area (Å²) in [5.74, 6) is 0. The van der Waals surface area contributed by atoms with Crippen molar-refractivity contribution in [2.45, 2.75) is 0 Å². The number of hydrogen-bond donors (Lipinski definition) is 0. The summed E-state index contributed by atoms with van der Waals surface area (Å²) in [4.78, 5) is 0. The minimum Gasteiger partial charge on any atom is -0.456 e. The third-order valence-corrected chi connectivity index (χ3v) is 25.9. The van der Waals surface area contributed by atoms with Crippen molar-refractivity contribution in [3.63, 3.8) is 0 Å². The van der Waals surface area contributed by atoms with Gasteiger partial charge in [0.05, 0.1) is 0 Å². The van der Waals surface area contributed by atoms with E-state index >= 15 is 0 Å². The maximum absolute atomic E-state index is 6.11. The molecule has 0 bridgehead atoms. The monoisotopic (exact) mass is 1640 g/mol. The second-order valence-corrected chi connectivity index (χ2v) is 33.5. The van der Waals surface area contributed by atoms with Crippen LogP contribution in [0.3, 0.4) is 0 Å². The van der Waals surface area contributed by atoms with Crippen LogP contribution in [-0.4, -0.2) is 0 Å². The van der Waals surface area contributed by atoms with Crippen LogP contribution in [0.25, 0.3) is 242 Å². The quantitative estimate of drug-likeness (QED) is 0.111. The van der Waals surface area contributed by atoms with Crippen LogP contribution in [0.5, 0.6) is 0 Å². The molecule has 0 unspecified atom stereocenters. The predicted molar refractivity (Wildman–Crippen MR) is 552 cm³/mol. The molecule has 25 rings (SSSR count). The van der Waals surface area contributed by atoms with Gasteiger partial charge in [0.25, 0.3) is 0 Å². The average Bonchev–Trinajstić information content (AvgIpc) is 1.56. The van der Waals surface area contributed by atoms with Crippen molar-refractivity contribution >= 4 is 108 Å². The molecule has 25 aromatic rings. The number of hydrogen-bond acceptors (Lipinski definition) is 1. The second kappa shape index (κ2) is 33.7. The van der Waals surface area contributed by atoms with Gasteiger partial charge in [0.1, 0.15) is 11.2 Å². The fourth-order valence-electron chi connectivity index (χ4n) is 19.9. The third-order valence-electron chi connectivity index (χ3n) is 25.9. The molecule has 0 atom stereocenters. The van der Waals surface area contributed by atoms with Crippen molar-refractivity contribution in [2.75, 3.05) is 0 Å². The highest BCUT2D eigenvalue weighted by Gasteiger charge is 2.23. The van der Waals surface area contributed by atoms with Gasteiger partial charge in [-0.2, -0.15) is 0 Å². The van der Waals surface area contributed by atoms with Crippen LogP contribution < -0.4 is 0 Å². The molecule has 0 aliphatic carbocycles. The van der Waals surface area contributed by atoms with Gasteiger partial charge in [-0.15, -0.1) is 0 Å². The van der Waals surface area contributed by atoms with Gasteiger partial charge in [-0.05, 0) is 274 Å². The van der Waals surface area contributed by atoms with Crippen LogP contribution in [0, 0.1) is 0 Å². The minimum absolute atomic E-state index is 0.917. The van der Waals surface area contributed by atoms with E-state index in [2.05, 4.69) is 497 Å². The summed E-state index contributed by atoms with van der Waals surface area (Å²) >= 11 is 0. The van der Waals surface area contributed by atoms with E-state index in [1.807, 2.05) is 12.1 Å². The average molecular weight is 1640 g/mol. The molecule has 0 amide bonds.